The van der Waals surface area contributed by atoms with E-state index in [2.05, 4.69) is 17.1 Å². The van der Waals surface area contributed by atoms with Gasteiger partial charge in [-0.1, -0.05) is 31.2 Å². The van der Waals surface area contributed by atoms with Gasteiger partial charge in [0.2, 0.25) is 0 Å². The summed E-state index contributed by atoms with van der Waals surface area (Å²) in [6.45, 7) is 4.19. The van der Waals surface area contributed by atoms with E-state index in [0.29, 0.717) is 31.6 Å². The molecule has 0 saturated carbocycles. The largest absolute Gasteiger partial charge is 0.493 e. The molecule has 0 amide bonds. The predicted molar refractivity (Wildman–Crippen MR) is 113 cm³/mol. The molecule has 0 saturated heterocycles. The van der Waals surface area contributed by atoms with Crippen LogP contribution in [0.25, 0.3) is 10.9 Å². The van der Waals surface area contributed by atoms with Gasteiger partial charge in [0.05, 0.1) is 24.0 Å². The van der Waals surface area contributed by atoms with Crippen LogP contribution >= 0.6 is 0 Å². The quantitative estimate of drug-likeness (QED) is 0.610. The molecule has 0 aliphatic rings. The first kappa shape index (κ1) is 20.2. The van der Waals surface area contributed by atoms with Gasteiger partial charge in [0.1, 0.15) is 12.4 Å². The van der Waals surface area contributed by atoms with Gasteiger partial charge in [-0.05, 0) is 60.5 Å². The van der Waals surface area contributed by atoms with Gasteiger partial charge >= 0.3 is 0 Å². The number of aromatic nitrogens is 1. The summed E-state index contributed by atoms with van der Waals surface area (Å²) in [5.41, 5.74) is 2.46. The molecule has 2 aromatic carbocycles. The number of aromatic amines is 1. The minimum Gasteiger partial charge on any atom is -0.493 e. The fourth-order valence-electron chi connectivity index (χ4n) is 3.43. The zero-order valence-corrected chi connectivity index (χ0v) is 16.7. The van der Waals surface area contributed by atoms with Crippen LogP contribution in [-0.2, 0) is 18.3 Å². The van der Waals surface area contributed by atoms with E-state index in [1.54, 1.807) is 0 Å². The van der Waals surface area contributed by atoms with Gasteiger partial charge in [0.15, 0.2) is 0 Å². The van der Waals surface area contributed by atoms with E-state index >= 15 is 0 Å². The van der Waals surface area contributed by atoms with Crippen molar-refractivity contribution in [3.8, 4) is 17.9 Å². The van der Waals surface area contributed by atoms with E-state index in [9.17, 15) is 10.1 Å². The van der Waals surface area contributed by atoms with Crippen LogP contribution in [0.5, 0.6) is 5.75 Å². The van der Waals surface area contributed by atoms with Gasteiger partial charge in [-0.15, -0.1) is 0 Å². The van der Waals surface area contributed by atoms with Crippen molar-refractivity contribution >= 4 is 10.9 Å². The van der Waals surface area contributed by atoms with Gasteiger partial charge in [-0.2, -0.15) is 10.5 Å². The molecular weight excluding hydrogens is 362 g/mol. The summed E-state index contributed by atoms with van der Waals surface area (Å²) in [5, 5.41) is 19.6. The number of hydrogen-bond acceptors (Lipinski definition) is 4. The summed E-state index contributed by atoms with van der Waals surface area (Å²) in [5.74, 6) is 0.688. The highest BCUT2D eigenvalue weighted by atomic mass is 16.5. The fraction of sp³-hybridized carbons (Fsp3) is 0.292. The second kappa shape index (κ2) is 8.63. The smallest absolute Gasteiger partial charge is 0.251 e. The summed E-state index contributed by atoms with van der Waals surface area (Å²) < 4.78 is 5.59. The molecule has 29 heavy (non-hydrogen) atoms. The van der Waals surface area contributed by atoms with Crippen LogP contribution in [0.2, 0.25) is 0 Å². The Morgan fingerprint density at radius 3 is 2.69 bits per heavy atom. The van der Waals surface area contributed by atoms with E-state index in [4.69, 9.17) is 10.00 Å². The van der Waals surface area contributed by atoms with Crippen LogP contribution in [0.4, 0.5) is 0 Å². The number of rotatable bonds is 7. The normalized spacial score (nSPS) is 12.7. The van der Waals surface area contributed by atoms with Crippen LogP contribution in [-0.4, -0.2) is 11.6 Å². The number of H-pyrrole nitrogens is 1. The molecule has 0 radical (unpaired) electrons. The summed E-state index contributed by atoms with van der Waals surface area (Å²) in [4.78, 5) is 15.1. The number of hydrogen-bond donors (Lipinski definition) is 1. The predicted octanol–water partition coefficient (Wildman–Crippen LogP) is 4.41. The lowest BCUT2D eigenvalue weighted by atomic mass is 9.78. The third-order valence-electron chi connectivity index (χ3n) is 5.13. The molecule has 0 aliphatic heterocycles. The number of ether oxygens (including phenoxy) is 1. The first-order valence-corrected chi connectivity index (χ1v) is 9.65. The Bertz CT molecular complexity index is 1170. The minimum absolute atomic E-state index is 0.0852. The van der Waals surface area contributed by atoms with E-state index < -0.39 is 5.41 Å². The molecule has 146 valence electrons. The SMILES string of the molecule is CCc1cc2ccc(C(C)(C#N)Cc3cccc(OCCC#N)c3)cc2[nH]c1=O. The summed E-state index contributed by atoms with van der Waals surface area (Å²) in [6, 6.07) is 19.8. The first-order chi connectivity index (χ1) is 14.0. The van der Waals surface area contributed by atoms with Gasteiger partial charge in [0, 0.05) is 11.1 Å². The van der Waals surface area contributed by atoms with Gasteiger partial charge in [0.25, 0.3) is 5.56 Å². The Kier molecular flexibility index (Phi) is 6.00. The highest BCUT2D eigenvalue weighted by Crippen LogP contribution is 2.30. The highest BCUT2D eigenvalue weighted by molar-refractivity contribution is 5.80. The summed E-state index contributed by atoms with van der Waals surface area (Å²) >= 11 is 0. The Labute approximate surface area is 170 Å². The number of benzene rings is 2. The number of fused-ring (bicyclic) bond motifs is 1. The molecule has 1 unspecified atom stereocenters. The highest BCUT2D eigenvalue weighted by Gasteiger charge is 2.27. The van der Waals surface area contributed by atoms with Gasteiger partial charge in [-0.25, -0.2) is 0 Å². The molecule has 5 heteroatoms. The van der Waals surface area contributed by atoms with E-state index in [1.807, 2.05) is 62.4 Å². The maximum atomic E-state index is 12.2. The number of pyridine rings is 1. The van der Waals surface area contributed by atoms with Crippen molar-refractivity contribution < 1.29 is 4.74 Å². The molecule has 3 rings (SSSR count). The molecule has 0 bridgehead atoms. The average molecular weight is 385 g/mol. The average Bonchev–Trinajstić information content (AvgIpc) is 2.73. The number of aryl methyl sites for hydroxylation is 1. The van der Waals surface area contributed by atoms with Crippen molar-refractivity contribution in [2.75, 3.05) is 6.61 Å². The Balaban J connectivity index is 1.91. The Hall–Kier alpha value is -3.57. The third kappa shape index (κ3) is 4.47. The summed E-state index contributed by atoms with van der Waals surface area (Å²) in [7, 11) is 0. The number of nitrogens with one attached hydrogen (secondary N) is 1. The van der Waals surface area contributed by atoms with E-state index in [-0.39, 0.29) is 5.56 Å². The molecule has 1 aromatic heterocycles. The second-order valence-corrected chi connectivity index (χ2v) is 7.30. The fourth-order valence-corrected chi connectivity index (χ4v) is 3.43. The van der Waals surface area contributed by atoms with Crippen molar-refractivity contribution in [3.63, 3.8) is 0 Å². The van der Waals surface area contributed by atoms with Crippen LogP contribution in [0.3, 0.4) is 0 Å². The van der Waals surface area contributed by atoms with Gasteiger partial charge < -0.3 is 9.72 Å². The zero-order chi connectivity index (χ0) is 20.9. The van der Waals surface area contributed by atoms with Crippen LogP contribution in [0.15, 0.2) is 53.3 Å². The monoisotopic (exact) mass is 385 g/mol. The minimum atomic E-state index is -0.764. The molecule has 3 aromatic rings. The van der Waals surface area contributed by atoms with Crippen molar-refractivity contribution in [2.24, 2.45) is 0 Å². The first-order valence-electron chi connectivity index (χ1n) is 9.65. The molecule has 1 atom stereocenters. The topological polar surface area (TPSA) is 89.7 Å². The van der Waals surface area contributed by atoms with Gasteiger partial charge in [-0.3, -0.25) is 4.79 Å². The van der Waals surface area contributed by atoms with Crippen LogP contribution in [0.1, 0.15) is 37.0 Å². The molecule has 1 heterocycles. The Morgan fingerprint density at radius 1 is 1.14 bits per heavy atom. The zero-order valence-electron chi connectivity index (χ0n) is 16.7. The second-order valence-electron chi connectivity index (χ2n) is 7.30. The van der Waals surface area contributed by atoms with Crippen molar-refractivity contribution in [1.82, 2.24) is 4.98 Å². The van der Waals surface area contributed by atoms with E-state index in [0.717, 1.165) is 27.6 Å². The standard InChI is InChI=1S/C24H23N3O2/c1-3-18-13-19-8-9-20(14-22(19)27-23(18)28)24(2,16-26)15-17-6-4-7-21(12-17)29-11-5-10-25/h4,6-9,12-14H,3,5,11,15H2,1-2H3,(H,27,28). The Morgan fingerprint density at radius 2 is 1.97 bits per heavy atom. The van der Waals surface area contributed by atoms with Crippen molar-refractivity contribution in [2.45, 2.75) is 38.5 Å². The molecule has 1 N–H and O–H groups in total. The lowest BCUT2D eigenvalue weighted by Gasteiger charge is -2.23. The lowest BCUT2D eigenvalue weighted by molar-refractivity contribution is 0.326. The van der Waals surface area contributed by atoms with Crippen LogP contribution < -0.4 is 10.3 Å². The molecular formula is C24H23N3O2. The maximum Gasteiger partial charge on any atom is 0.251 e. The molecule has 0 aliphatic carbocycles. The molecule has 5 nitrogen and oxygen atoms in total. The third-order valence-corrected chi connectivity index (χ3v) is 5.13. The molecule has 0 spiro atoms. The molecule has 0 fully saturated rings. The maximum absolute atomic E-state index is 12.2. The number of nitriles is 2. The summed E-state index contributed by atoms with van der Waals surface area (Å²) in [6.07, 6.45) is 1.51. The lowest BCUT2D eigenvalue weighted by Crippen LogP contribution is -2.23. The van der Waals surface area contributed by atoms with Crippen LogP contribution in [0, 0.1) is 22.7 Å². The number of nitrogens with zero attached hydrogens (tertiary/aromatic N) is 2. The van der Waals surface area contributed by atoms with Crippen molar-refractivity contribution in [3.05, 3.63) is 75.6 Å². The van der Waals surface area contributed by atoms with E-state index in [1.165, 1.54) is 0 Å². The van der Waals surface area contributed by atoms with Crippen molar-refractivity contribution in [1.29, 1.82) is 10.5 Å².